The lowest BCUT2D eigenvalue weighted by Gasteiger charge is -2.14. The third-order valence-corrected chi connectivity index (χ3v) is 3.76. The molecule has 0 aromatic carbocycles. The lowest BCUT2D eigenvalue weighted by Crippen LogP contribution is -2.21. The number of carbonyl (C=O) groups excluding carboxylic acids is 1. The van der Waals surface area contributed by atoms with Crippen LogP contribution in [-0.4, -0.2) is 30.3 Å². The van der Waals surface area contributed by atoms with E-state index < -0.39 is 0 Å². The maximum Gasteiger partial charge on any atom is 0.319 e. The molecule has 4 heteroatoms. The third-order valence-electron chi connectivity index (χ3n) is 2.40. The number of hydrogen-bond acceptors (Lipinski definition) is 3. The topological polar surface area (TPSA) is 26.3 Å². The minimum atomic E-state index is -0.264. The molecule has 0 saturated carbocycles. The van der Waals surface area contributed by atoms with Gasteiger partial charge in [-0.2, -0.15) is 0 Å². The Labute approximate surface area is 109 Å². The Balaban J connectivity index is 3.81. The van der Waals surface area contributed by atoms with Gasteiger partial charge in [-0.15, -0.1) is 11.8 Å². The van der Waals surface area contributed by atoms with Gasteiger partial charge in [0.05, 0.1) is 13.3 Å². The second kappa shape index (κ2) is 12.2. The normalized spacial score (nSPS) is 12.4. The Morgan fingerprint density at radius 1 is 1.24 bits per heavy atom. The van der Waals surface area contributed by atoms with Crippen LogP contribution in [-0.2, 0) is 9.53 Å². The molecule has 2 nitrogen and oxygen atoms in total. The summed E-state index contributed by atoms with van der Waals surface area (Å²) in [6.45, 7) is 4.40. The van der Waals surface area contributed by atoms with Gasteiger partial charge in [-0.1, -0.05) is 26.7 Å². The van der Waals surface area contributed by atoms with Crippen LogP contribution in [0.25, 0.3) is 0 Å². The van der Waals surface area contributed by atoms with Gasteiger partial charge in [-0.25, -0.2) is 0 Å². The molecule has 0 aromatic rings. The van der Waals surface area contributed by atoms with Crippen LogP contribution in [0.4, 0.5) is 4.39 Å². The maximum atomic E-state index is 11.9. The molecule has 0 saturated heterocycles. The van der Waals surface area contributed by atoms with E-state index in [1.807, 2.05) is 0 Å². The summed E-state index contributed by atoms with van der Waals surface area (Å²) in [5.41, 5.74) is 0. The highest BCUT2D eigenvalue weighted by molar-refractivity contribution is 8.00. The van der Waals surface area contributed by atoms with E-state index >= 15 is 0 Å². The van der Waals surface area contributed by atoms with Crippen molar-refractivity contribution in [2.24, 2.45) is 0 Å². The van der Waals surface area contributed by atoms with Crippen LogP contribution in [0.1, 0.15) is 52.4 Å². The first kappa shape index (κ1) is 16.8. The molecule has 17 heavy (non-hydrogen) atoms. The number of unbranched alkanes of at least 4 members (excludes halogenated alkanes) is 2. The molecule has 0 radical (unpaired) electrons. The minimum Gasteiger partial charge on any atom is -0.465 e. The average Bonchev–Trinajstić information content (AvgIpc) is 2.33. The number of halogens is 1. The number of hydrogen-bond donors (Lipinski definition) is 0. The SMILES string of the molecule is CCCCOC(=O)C(CCC)SCCCCF. The van der Waals surface area contributed by atoms with Crippen molar-refractivity contribution < 1.29 is 13.9 Å². The molecule has 0 aliphatic heterocycles. The Kier molecular flexibility index (Phi) is 12.0. The lowest BCUT2D eigenvalue weighted by molar-refractivity contribution is -0.143. The van der Waals surface area contributed by atoms with Gasteiger partial charge in [0.25, 0.3) is 0 Å². The van der Waals surface area contributed by atoms with Crippen molar-refractivity contribution in [1.82, 2.24) is 0 Å². The smallest absolute Gasteiger partial charge is 0.319 e. The summed E-state index contributed by atoms with van der Waals surface area (Å²) >= 11 is 1.61. The molecular formula is C13H25FO2S. The fourth-order valence-electron chi connectivity index (χ4n) is 1.36. The summed E-state index contributed by atoms with van der Waals surface area (Å²) in [6.07, 6.45) is 5.22. The van der Waals surface area contributed by atoms with Crippen molar-refractivity contribution >= 4 is 17.7 Å². The van der Waals surface area contributed by atoms with Gasteiger partial charge in [0, 0.05) is 0 Å². The van der Waals surface area contributed by atoms with E-state index in [1.165, 1.54) is 0 Å². The molecule has 0 rings (SSSR count). The monoisotopic (exact) mass is 264 g/mol. The van der Waals surface area contributed by atoms with Crippen molar-refractivity contribution in [3.05, 3.63) is 0 Å². The summed E-state index contributed by atoms with van der Waals surface area (Å²) < 4.78 is 17.1. The number of rotatable bonds is 11. The Hall–Kier alpha value is -0.250. The predicted octanol–water partition coefficient (Wildman–Crippen LogP) is 3.98. The minimum absolute atomic E-state index is 0.0588. The number of carbonyl (C=O) groups is 1. The van der Waals surface area contributed by atoms with E-state index in [-0.39, 0.29) is 17.9 Å². The summed E-state index contributed by atoms with van der Waals surface area (Å²) in [7, 11) is 0. The summed E-state index contributed by atoms with van der Waals surface area (Å²) in [6, 6.07) is 0. The van der Waals surface area contributed by atoms with Crippen LogP contribution in [0, 0.1) is 0 Å². The van der Waals surface area contributed by atoms with E-state index in [2.05, 4.69) is 13.8 Å². The first-order valence-electron chi connectivity index (χ1n) is 6.60. The predicted molar refractivity (Wildman–Crippen MR) is 72.2 cm³/mol. The molecule has 1 atom stereocenters. The molecule has 0 N–H and O–H groups in total. The first-order chi connectivity index (χ1) is 8.26. The number of ether oxygens (including phenoxy) is 1. The van der Waals surface area contributed by atoms with Gasteiger partial charge >= 0.3 is 5.97 Å². The van der Waals surface area contributed by atoms with Gasteiger partial charge < -0.3 is 4.74 Å². The average molecular weight is 264 g/mol. The van der Waals surface area contributed by atoms with Crippen LogP contribution >= 0.6 is 11.8 Å². The zero-order chi connectivity index (χ0) is 12.9. The van der Waals surface area contributed by atoms with Gasteiger partial charge in [0.1, 0.15) is 5.25 Å². The second-order valence-corrected chi connectivity index (χ2v) is 5.38. The summed E-state index contributed by atoms with van der Waals surface area (Å²) in [5.74, 6) is 0.753. The summed E-state index contributed by atoms with van der Waals surface area (Å²) in [4.78, 5) is 11.8. The van der Waals surface area contributed by atoms with Crippen LogP contribution in [0.15, 0.2) is 0 Å². The molecule has 0 aliphatic rings. The zero-order valence-electron chi connectivity index (χ0n) is 11.0. The van der Waals surface area contributed by atoms with Crippen molar-refractivity contribution in [2.45, 2.75) is 57.6 Å². The fourth-order valence-corrected chi connectivity index (χ4v) is 2.63. The molecule has 0 spiro atoms. The molecule has 0 fully saturated rings. The summed E-state index contributed by atoms with van der Waals surface area (Å²) in [5, 5.41) is -0.0588. The van der Waals surface area contributed by atoms with Crippen molar-refractivity contribution in [3.63, 3.8) is 0 Å². The van der Waals surface area contributed by atoms with Gasteiger partial charge in [0.2, 0.25) is 0 Å². The van der Waals surface area contributed by atoms with Crippen LogP contribution in [0.5, 0.6) is 0 Å². The molecule has 0 aliphatic carbocycles. The van der Waals surface area contributed by atoms with Crippen molar-refractivity contribution in [3.8, 4) is 0 Å². The van der Waals surface area contributed by atoms with Crippen LogP contribution in [0.2, 0.25) is 0 Å². The van der Waals surface area contributed by atoms with E-state index in [1.54, 1.807) is 11.8 Å². The van der Waals surface area contributed by atoms with E-state index in [0.29, 0.717) is 13.0 Å². The highest BCUT2D eigenvalue weighted by Gasteiger charge is 2.18. The molecule has 1 unspecified atom stereocenters. The molecule has 0 bridgehead atoms. The third kappa shape index (κ3) is 9.45. The highest BCUT2D eigenvalue weighted by atomic mass is 32.2. The number of alkyl halides is 1. The van der Waals surface area contributed by atoms with Gasteiger partial charge in [0.15, 0.2) is 0 Å². The lowest BCUT2D eigenvalue weighted by atomic mass is 10.2. The van der Waals surface area contributed by atoms with Crippen LogP contribution in [0.3, 0.4) is 0 Å². The largest absolute Gasteiger partial charge is 0.465 e. The van der Waals surface area contributed by atoms with Crippen LogP contribution < -0.4 is 0 Å². The van der Waals surface area contributed by atoms with Gasteiger partial charge in [-0.05, 0) is 31.4 Å². The van der Waals surface area contributed by atoms with Crippen molar-refractivity contribution in [2.75, 3.05) is 19.0 Å². The number of thioether (sulfide) groups is 1. The maximum absolute atomic E-state index is 11.9. The molecule has 0 aromatic heterocycles. The Morgan fingerprint density at radius 3 is 2.59 bits per heavy atom. The van der Waals surface area contributed by atoms with E-state index in [4.69, 9.17) is 4.74 Å². The Bertz CT molecular complexity index is 188. The highest BCUT2D eigenvalue weighted by Crippen LogP contribution is 2.19. The first-order valence-corrected chi connectivity index (χ1v) is 7.65. The molecule has 0 heterocycles. The van der Waals surface area contributed by atoms with E-state index in [0.717, 1.165) is 37.9 Å². The fraction of sp³-hybridized carbons (Fsp3) is 0.923. The van der Waals surface area contributed by atoms with Crippen molar-refractivity contribution in [1.29, 1.82) is 0 Å². The standard InChI is InChI=1S/C13H25FO2S/c1-3-5-10-16-13(15)12(8-4-2)17-11-7-6-9-14/h12H,3-11H2,1-2H3. The van der Waals surface area contributed by atoms with Gasteiger partial charge in [-0.3, -0.25) is 9.18 Å². The zero-order valence-corrected chi connectivity index (χ0v) is 11.9. The second-order valence-electron chi connectivity index (χ2n) is 4.07. The molecule has 102 valence electrons. The Morgan fingerprint density at radius 2 is 2.00 bits per heavy atom. The van der Waals surface area contributed by atoms with E-state index in [9.17, 15) is 9.18 Å². The quantitative estimate of drug-likeness (QED) is 0.417. The molecular weight excluding hydrogens is 239 g/mol. The number of esters is 1. The molecule has 0 amide bonds.